The Kier molecular flexibility index (Phi) is 2.65. The summed E-state index contributed by atoms with van der Waals surface area (Å²) in [5.74, 6) is -1.58. The predicted octanol–water partition coefficient (Wildman–Crippen LogP) is 2.97. The minimum Gasteiger partial charge on any atom is -0.300 e. The summed E-state index contributed by atoms with van der Waals surface area (Å²) in [4.78, 5) is 10.9. The zero-order valence-corrected chi connectivity index (χ0v) is 9.01. The Morgan fingerprint density at radius 3 is 2.28 bits per heavy atom. The molecule has 1 aliphatic rings. The van der Waals surface area contributed by atoms with E-state index >= 15 is 0 Å². The number of nitriles is 1. The van der Waals surface area contributed by atoms with E-state index in [0.717, 1.165) is 6.07 Å². The Morgan fingerprint density at radius 2 is 1.89 bits per heavy atom. The van der Waals surface area contributed by atoms with Crippen molar-refractivity contribution in [3.05, 3.63) is 35.1 Å². The number of ketones is 1. The van der Waals surface area contributed by atoms with Crippen LogP contribution in [0.25, 0.3) is 0 Å². The lowest BCUT2D eigenvalue weighted by Gasteiger charge is -2.34. The molecule has 6 heteroatoms. The lowest BCUT2D eigenvalue weighted by atomic mass is 9.64. The van der Waals surface area contributed by atoms with Gasteiger partial charge in [-0.25, -0.2) is 4.39 Å². The lowest BCUT2D eigenvalue weighted by molar-refractivity contribution is -0.140. The molecule has 0 saturated heterocycles. The highest BCUT2D eigenvalue weighted by molar-refractivity contribution is 5.90. The van der Waals surface area contributed by atoms with E-state index in [0.29, 0.717) is 12.1 Å². The summed E-state index contributed by atoms with van der Waals surface area (Å²) in [5, 5.41) is 8.98. The Bertz CT molecular complexity index is 548. The van der Waals surface area contributed by atoms with E-state index in [1.807, 2.05) is 6.07 Å². The molecule has 0 aromatic heterocycles. The maximum absolute atomic E-state index is 13.4. The van der Waals surface area contributed by atoms with Gasteiger partial charge >= 0.3 is 6.18 Å². The highest BCUT2D eigenvalue weighted by atomic mass is 19.4. The van der Waals surface area contributed by atoms with Crippen LogP contribution < -0.4 is 0 Å². The first kappa shape index (κ1) is 12.6. The highest BCUT2D eigenvalue weighted by Crippen LogP contribution is 2.42. The number of hydrogen-bond acceptors (Lipinski definition) is 2. The summed E-state index contributed by atoms with van der Waals surface area (Å²) in [7, 11) is 0. The van der Waals surface area contributed by atoms with Gasteiger partial charge in [0.15, 0.2) is 0 Å². The molecule has 0 spiro atoms. The molecule has 1 aromatic carbocycles. The summed E-state index contributed by atoms with van der Waals surface area (Å²) < 4.78 is 50.4. The number of Topliss-reactive ketones (excluding diaryl/α,β-unsaturated/α-hetero) is 1. The van der Waals surface area contributed by atoms with Crippen LogP contribution in [0.15, 0.2) is 18.2 Å². The number of rotatable bonds is 1. The minimum absolute atomic E-state index is 0.0751. The van der Waals surface area contributed by atoms with Gasteiger partial charge < -0.3 is 0 Å². The molecular weight excluding hydrogens is 250 g/mol. The zero-order valence-electron chi connectivity index (χ0n) is 9.01. The van der Waals surface area contributed by atoms with Gasteiger partial charge in [-0.15, -0.1) is 0 Å². The number of halogens is 4. The van der Waals surface area contributed by atoms with Crippen LogP contribution in [0.3, 0.4) is 0 Å². The number of benzene rings is 1. The SMILES string of the molecule is N#CC1(c2ccc(C(F)(F)F)c(F)c2)CC(=O)C1. The first-order valence-corrected chi connectivity index (χ1v) is 5.09. The van der Waals surface area contributed by atoms with Crippen LogP contribution in [-0.4, -0.2) is 5.78 Å². The fourth-order valence-electron chi connectivity index (χ4n) is 2.01. The van der Waals surface area contributed by atoms with Crippen LogP contribution in [0.1, 0.15) is 24.0 Å². The Labute approximate surface area is 99.8 Å². The number of alkyl halides is 3. The number of carbonyl (C=O) groups excluding carboxylic acids is 1. The molecule has 0 N–H and O–H groups in total. The van der Waals surface area contributed by atoms with Crippen LogP contribution in [0.4, 0.5) is 17.6 Å². The van der Waals surface area contributed by atoms with Crippen molar-refractivity contribution in [2.75, 3.05) is 0 Å². The molecule has 0 atom stereocenters. The van der Waals surface area contributed by atoms with E-state index < -0.39 is 23.0 Å². The Hall–Kier alpha value is -1.90. The van der Waals surface area contributed by atoms with Crippen molar-refractivity contribution in [1.29, 1.82) is 5.26 Å². The van der Waals surface area contributed by atoms with E-state index in [1.54, 1.807) is 0 Å². The molecule has 0 heterocycles. The first-order valence-electron chi connectivity index (χ1n) is 5.09. The molecule has 1 aliphatic carbocycles. The average molecular weight is 257 g/mol. The Morgan fingerprint density at radius 1 is 1.28 bits per heavy atom. The molecule has 0 unspecified atom stereocenters. The quantitative estimate of drug-likeness (QED) is 0.726. The van der Waals surface area contributed by atoms with Crippen LogP contribution in [0.5, 0.6) is 0 Å². The van der Waals surface area contributed by atoms with Crippen molar-refractivity contribution < 1.29 is 22.4 Å². The van der Waals surface area contributed by atoms with Crippen LogP contribution in [0, 0.1) is 17.1 Å². The molecule has 94 valence electrons. The van der Waals surface area contributed by atoms with Gasteiger partial charge in [0.1, 0.15) is 11.6 Å². The van der Waals surface area contributed by atoms with Gasteiger partial charge in [0.05, 0.1) is 17.0 Å². The Balaban J connectivity index is 2.42. The largest absolute Gasteiger partial charge is 0.419 e. The average Bonchev–Trinajstić information content (AvgIpc) is 2.22. The number of carbonyl (C=O) groups is 1. The van der Waals surface area contributed by atoms with Crippen LogP contribution in [0.2, 0.25) is 0 Å². The maximum Gasteiger partial charge on any atom is 0.419 e. The second-order valence-electron chi connectivity index (χ2n) is 4.28. The summed E-state index contributed by atoms with van der Waals surface area (Å²) in [6.07, 6.45) is -4.92. The molecule has 0 bridgehead atoms. The second-order valence-corrected chi connectivity index (χ2v) is 4.28. The standard InChI is InChI=1S/C12H7F4NO/c13-10-3-7(1-2-9(10)12(14,15)16)11(6-17)4-8(18)5-11/h1-3H,4-5H2. The summed E-state index contributed by atoms with van der Waals surface area (Å²) in [6.45, 7) is 0. The predicted molar refractivity (Wildman–Crippen MR) is 52.9 cm³/mol. The maximum atomic E-state index is 13.4. The third-order valence-corrected chi connectivity index (χ3v) is 3.04. The van der Waals surface area contributed by atoms with E-state index in [1.165, 1.54) is 0 Å². The van der Waals surface area contributed by atoms with Gasteiger partial charge in [0.25, 0.3) is 0 Å². The van der Waals surface area contributed by atoms with E-state index in [9.17, 15) is 22.4 Å². The van der Waals surface area contributed by atoms with Gasteiger partial charge in [-0.3, -0.25) is 4.79 Å². The highest BCUT2D eigenvalue weighted by Gasteiger charge is 2.46. The smallest absolute Gasteiger partial charge is 0.300 e. The van der Waals surface area contributed by atoms with Crippen LogP contribution in [-0.2, 0) is 16.4 Å². The fourth-order valence-corrected chi connectivity index (χ4v) is 2.01. The van der Waals surface area contributed by atoms with E-state index in [-0.39, 0.29) is 24.2 Å². The third-order valence-electron chi connectivity index (χ3n) is 3.04. The molecule has 0 radical (unpaired) electrons. The molecule has 1 saturated carbocycles. The van der Waals surface area contributed by atoms with Gasteiger partial charge in [0, 0.05) is 12.8 Å². The molecule has 1 fully saturated rings. The molecule has 0 aliphatic heterocycles. The van der Waals surface area contributed by atoms with Gasteiger partial charge in [-0.1, -0.05) is 6.07 Å². The third kappa shape index (κ3) is 1.86. The summed E-state index contributed by atoms with van der Waals surface area (Å²) in [6, 6.07) is 4.23. The molecule has 1 aromatic rings. The molecule has 2 nitrogen and oxygen atoms in total. The molecule has 18 heavy (non-hydrogen) atoms. The number of nitrogens with zero attached hydrogens (tertiary/aromatic N) is 1. The van der Waals surface area contributed by atoms with Crippen molar-refractivity contribution in [3.8, 4) is 6.07 Å². The van der Waals surface area contributed by atoms with Gasteiger partial charge in [-0.2, -0.15) is 18.4 Å². The van der Waals surface area contributed by atoms with Crippen LogP contribution >= 0.6 is 0 Å². The first-order chi connectivity index (χ1) is 8.28. The van der Waals surface area contributed by atoms with Crippen molar-refractivity contribution in [2.24, 2.45) is 0 Å². The molecule has 0 amide bonds. The van der Waals surface area contributed by atoms with E-state index in [2.05, 4.69) is 0 Å². The van der Waals surface area contributed by atoms with Crippen molar-refractivity contribution >= 4 is 5.78 Å². The summed E-state index contributed by atoms with van der Waals surface area (Å²) >= 11 is 0. The molecular formula is C12H7F4NO. The zero-order chi connectivity index (χ0) is 13.6. The van der Waals surface area contributed by atoms with Crippen molar-refractivity contribution in [3.63, 3.8) is 0 Å². The normalized spacial score (nSPS) is 18.1. The van der Waals surface area contributed by atoms with Crippen molar-refractivity contribution in [2.45, 2.75) is 24.4 Å². The minimum atomic E-state index is -4.77. The monoisotopic (exact) mass is 257 g/mol. The van der Waals surface area contributed by atoms with Gasteiger partial charge in [-0.05, 0) is 17.7 Å². The van der Waals surface area contributed by atoms with Gasteiger partial charge in [0.2, 0.25) is 0 Å². The van der Waals surface area contributed by atoms with E-state index in [4.69, 9.17) is 5.26 Å². The van der Waals surface area contributed by atoms with Crippen molar-refractivity contribution in [1.82, 2.24) is 0 Å². The lowest BCUT2D eigenvalue weighted by Crippen LogP contribution is -2.40. The summed E-state index contributed by atoms with van der Waals surface area (Å²) in [5.41, 5.74) is -2.41. The topological polar surface area (TPSA) is 40.9 Å². The second kappa shape index (κ2) is 3.80. The number of hydrogen-bond donors (Lipinski definition) is 0. The fraction of sp³-hybridized carbons (Fsp3) is 0.333. The molecule has 2 rings (SSSR count).